The number of nitrogens with zero attached hydrogens (tertiary/aromatic N) is 2. The SMILES string of the molecule is COC(=O)CN(Cc1ccc([N+](=O)[O-])cc1Br)C(C)C. The Bertz CT molecular complexity index is 505. The van der Waals surface area contributed by atoms with Crippen molar-refractivity contribution in [2.24, 2.45) is 0 Å². The number of esters is 1. The molecular weight excluding hydrogens is 328 g/mol. The van der Waals surface area contributed by atoms with Crippen LogP contribution in [0, 0.1) is 10.1 Å². The normalized spacial score (nSPS) is 10.9. The molecule has 0 atom stereocenters. The molecule has 110 valence electrons. The van der Waals surface area contributed by atoms with E-state index in [0.717, 1.165) is 5.56 Å². The van der Waals surface area contributed by atoms with E-state index in [-0.39, 0.29) is 24.2 Å². The van der Waals surface area contributed by atoms with E-state index in [1.807, 2.05) is 18.7 Å². The number of hydrogen-bond acceptors (Lipinski definition) is 5. The molecule has 0 aromatic heterocycles. The first-order chi connectivity index (χ1) is 9.35. The summed E-state index contributed by atoms with van der Waals surface area (Å²) in [7, 11) is 1.35. The third-order valence-corrected chi connectivity index (χ3v) is 3.65. The molecule has 0 saturated heterocycles. The molecule has 0 aliphatic heterocycles. The third-order valence-electron chi connectivity index (χ3n) is 2.91. The molecule has 6 nitrogen and oxygen atoms in total. The zero-order valence-corrected chi connectivity index (χ0v) is 13.2. The van der Waals surface area contributed by atoms with Crippen LogP contribution >= 0.6 is 15.9 Å². The van der Waals surface area contributed by atoms with Gasteiger partial charge in [0.1, 0.15) is 0 Å². The third kappa shape index (κ3) is 4.57. The fourth-order valence-corrected chi connectivity index (χ4v) is 2.14. The number of carbonyl (C=O) groups is 1. The predicted octanol–water partition coefficient (Wildman–Crippen LogP) is 2.74. The van der Waals surface area contributed by atoms with Crippen LogP contribution in [0.2, 0.25) is 0 Å². The molecule has 0 fully saturated rings. The van der Waals surface area contributed by atoms with Crippen LogP contribution in [0.4, 0.5) is 5.69 Å². The van der Waals surface area contributed by atoms with E-state index in [1.165, 1.54) is 19.2 Å². The van der Waals surface area contributed by atoms with Gasteiger partial charge in [0.25, 0.3) is 5.69 Å². The molecule has 20 heavy (non-hydrogen) atoms. The van der Waals surface area contributed by atoms with Gasteiger partial charge in [-0.1, -0.05) is 15.9 Å². The number of hydrogen-bond donors (Lipinski definition) is 0. The van der Waals surface area contributed by atoms with Crippen LogP contribution in [-0.2, 0) is 16.1 Å². The number of methoxy groups -OCH3 is 1. The van der Waals surface area contributed by atoms with Gasteiger partial charge in [0.15, 0.2) is 0 Å². The molecule has 0 aliphatic rings. The van der Waals surface area contributed by atoms with Crippen LogP contribution < -0.4 is 0 Å². The van der Waals surface area contributed by atoms with Gasteiger partial charge in [-0.3, -0.25) is 19.8 Å². The second-order valence-corrected chi connectivity index (χ2v) is 5.46. The monoisotopic (exact) mass is 344 g/mol. The Morgan fingerprint density at radius 3 is 2.60 bits per heavy atom. The number of nitro benzene ring substituents is 1. The van der Waals surface area contributed by atoms with E-state index < -0.39 is 4.92 Å². The van der Waals surface area contributed by atoms with Crippen molar-refractivity contribution in [3.63, 3.8) is 0 Å². The Labute approximate surface area is 126 Å². The van der Waals surface area contributed by atoms with Gasteiger partial charge in [-0.15, -0.1) is 0 Å². The lowest BCUT2D eigenvalue weighted by Gasteiger charge is -2.25. The van der Waals surface area contributed by atoms with E-state index in [1.54, 1.807) is 6.07 Å². The molecule has 1 aromatic rings. The summed E-state index contributed by atoms with van der Waals surface area (Å²) in [4.78, 5) is 23.6. The first-order valence-electron chi connectivity index (χ1n) is 6.08. The number of benzene rings is 1. The van der Waals surface area contributed by atoms with Crippen LogP contribution in [0.15, 0.2) is 22.7 Å². The highest BCUT2D eigenvalue weighted by atomic mass is 79.9. The molecule has 1 aromatic carbocycles. The first-order valence-corrected chi connectivity index (χ1v) is 6.88. The molecule has 0 N–H and O–H groups in total. The van der Waals surface area contributed by atoms with E-state index in [9.17, 15) is 14.9 Å². The number of carbonyl (C=O) groups excluding carboxylic acids is 1. The highest BCUT2D eigenvalue weighted by Gasteiger charge is 2.17. The van der Waals surface area contributed by atoms with E-state index in [2.05, 4.69) is 20.7 Å². The van der Waals surface area contributed by atoms with Crippen molar-refractivity contribution in [1.82, 2.24) is 4.90 Å². The van der Waals surface area contributed by atoms with Crippen molar-refractivity contribution < 1.29 is 14.5 Å². The van der Waals surface area contributed by atoms with Crippen molar-refractivity contribution in [3.05, 3.63) is 38.3 Å². The topological polar surface area (TPSA) is 72.7 Å². The van der Waals surface area contributed by atoms with Gasteiger partial charge in [0.05, 0.1) is 18.6 Å². The lowest BCUT2D eigenvalue weighted by molar-refractivity contribution is -0.384. The zero-order chi connectivity index (χ0) is 15.3. The Balaban J connectivity index is 2.88. The molecule has 0 bridgehead atoms. The molecule has 0 spiro atoms. The summed E-state index contributed by atoms with van der Waals surface area (Å²) in [6.45, 7) is 4.63. The van der Waals surface area contributed by atoms with Gasteiger partial charge in [0.2, 0.25) is 0 Å². The van der Waals surface area contributed by atoms with Gasteiger partial charge >= 0.3 is 5.97 Å². The molecule has 0 heterocycles. The molecule has 0 radical (unpaired) electrons. The van der Waals surface area contributed by atoms with Crippen LogP contribution in [0.25, 0.3) is 0 Å². The van der Waals surface area contributed by atoms with Crippen LogP contribution in [0.3, 0.4) is 0 Å². The minimum Gasteiger partial charge on any atom is -0.468 e. The summed E-state index contributed by atoms with van der Waals surface area (Å²) in [5.41, 5.74) is 0.915. The average Bonchev–Trinajstić information content (AvgIpc) is 2.39. The maximum atomic E-state index is 11.4. The number of non-ortho nitro benzene ring substituents is 1. The Morgan fingerprint density at radius 1 is 1.50 bits per heavy atom. The van der Waals surface area contributed by atoms with Gasteiger partial charge in [-0.25, -0.2) is 0 Å². The minimum absolute atomic E-state index is 0.0321. The number of ether oxygens (including phenoxy) is 1. The molecular formula is C13H17BrN2O4. The van der Waals surface area contributed by atoms with Crippen molar-refractivity contribution in [2.75, 3.05) is 13.7 Å². The summed E-state index contributed by atoms with van der Waals surface area (Å²) in [6, 6.07) is 4.76. The number of nitro groups is 1. The fraction of sp³-hybridized carbons (Fsp3) is 0.462. The van der Waals surface area contributed by atoms with Crippen molar-refractivity contribution in [3.8, 4) is 0 Å². The molecule has 0 aliphatic carbocycles. The van der Waals surface area contributed by atoms with Crippen LogP contribution in [-0.4, -0.2) is 35.5 Å². The summed E-state index contributed by atoms with van der Waals surface area (Å²) < 4.78 is 5.32. The Hall–Kier alpha value is -1.47. The van der Waals surface area contributed by atoms with E-state index in [4.69, 9.17) is 0 Å². The van der Waals surface area contributed by atoms with Crippen LogP contribution in [0.5, 0.6) is 0 Å². The lowest BCUT2D eigenvalue weighted by atomic mass is 10.1. The maximum absolute atomic E-state index is 11.4. The zero-order valence-electron chi connectivity index (χ0n) is 11.6. The van der Waals surface area contributed by atoms with Gasteiger partial charge in [-0.05, 0) is 25.5 Å². The average molecular weight is 345 g/mol. The molecule has 1 rings (SSSR count). The Morgan fingerprint density at radius 2 is 2.15 bits per heavy atom. The molecule has 0 unspecified atom stereocenters. The van der Waals surface area contributed by atoms with Crippen LogP contribution in [0.1, 0.15) is 19.4 Å². The summed E-state index contributed by atoms with van der Waals surface area (Å²) in [5, 5.41) is 10.7. The number of halogens is 1. The summed E-state index contributed by atoms with van der Waals surface area (Å²) >= 11 is 3.33. The number of rotatable bonds is 6. The molecule has 7 heteroatoms. The lowest BCUT2D eigenvalue weighted by Crippen LogP contribution is -2.35. The second-order valence-electron chi connectivity index (χ2n) is 4.61. The van der Waals surface area contributed by atoms with Gasteiger partial charge in [-0.2, -0.15) is 0 Å². The second kappa shape index (κ2) is 7.35. The quantitative estimate of drug-likeness (QED) is 0.450. The van der Waals surface area contributed by atoms with Crippen molar-refractivity contribution in [1.29, 1.82) is 0 Å². The highest BCUT2D eigenvalue weighted by molar-refractivity contribution is 9.10. The highest BCUT2D eigenvalue weighted by Crippen LogP contribution is 2.24. The summed E-state index contributed by atoms with van der Waals surface area (Å²) in [6.07, 6.45) is 0. The summed E-state index contributed by atoms with van der Waals surface area (Å²) in [5.74, 6) is -0.309. The van der Waals surface area contributed by atoms with Crippen molar-refractivity contribution in [2.45, 2.75) is 26.4 Å². The first kappa shape index (κ1) is 16.6. The van der Waals surface area contributed by atoms with Crippen molar-refractivity contribution >= 4 is 27.6 Å². The standard InChI is InChI=1S/C13H17BrN2O4/c1-9(2)15(8-13(17)20-3)7-10-4-5-11(16(18)19)6-12(10)14/h4-6,9H,7-8H2,1-3H3. The minimum atomic E-state index is -0.441. The van der Waals surface area contributed by atoms with Gasteiger partial charge < -0.3 is 4.74 Å². The molecule has 0 saturated carbocycles. The van der Waals surface area contributed by atoms with E-state index >= 15 is 0 Å². The predicted molar refractivity (Wildman–Crippen MR) is 78.4 cm³/mol. The maximum Gasteiger partial charge on any atom is 0.319 e. The fourth-order valence-electron chi connectivity index (χ4n) is 1.65. The van der Waals surface area contributed by atoms with Gasteiger partial charge in [0, 0.05) is 29.2 Å². The largest absolute Gasteiger partial charge is 0.468 e. The Kier molecular flexibility index (Phi) is 6.09. The smallest absolute Gasteiger partial charge is 0.319 e. The van der Waals surface area contributed by atoms with E-state index in [0.29, 0.717) is 11.0 Å². The molecule has 0 amide bonds.